The van der Waals surface area contributed by atoms with E-state index in [1.165, 1.54) is 12.0 Å². The third-order valence-electron chi connectivity index (χ3n) is 3.59. The van der Waals surface area contributed by atoms with Crippen molar-refractivity contribution in [2.45, 2.75) is 18.6 Å². The number of rotatable bonds is 8. The lowest BCUT2D eigenvalue weighted by molar-refractivity contribution is -0.141. The molecule has 0 aliphatic carbocycles. The second-order valence-electron chi connectivity index (χ2n) is 5.13. The molecule has 0 bridgehead atoms. The van der Waals surface area contributed by atoms with Crippen LogP contribution in [0.4, 0.5) is 4.79 Å². The lowest BCUT2D eigenvalue weighted by atomic mass is 10.2. The van der Waals surface area contributed by atoms with E-state index in [-0.39, 0.29) is 12.1 Å². The van der Waals surface area contributed by atoms with Gasteiger partial charge in [-0.1, -0.05) is 0 Å². The van der Waals surface area contributed by atoms with E-state index in [0.29, 0.717) is 32.7 Å². The summed E-state index contributed by atoms with van der Waals surface area (Å²) >= 11 is 0. The summed E-state index contributed by atoms with van der Waals surface area (Å²) in [6, 6.07) is -1.18. The maximum absolute atomic E-state index is 12.1. The number of urea groups is 1. The van der Waals surface area contributed by atoms with Gasteiger partial charge in [0.05, 0.1) is 12.7 Å². The first-order valence-corrected chi connectivity index (χ1v) is 6.97. The standard InChI is InChI=1S/C13H25N3O5/c1-15(6-7-20-2)5-4-14-13(19)16-9-10(21-3)8-11(16)12(17)18/h10-11H,4-9H2,1-3H3,(H,14,19)(H,17,18). The predicted molar refractivity (Wildman–Crippen MR) is 76.3 cm³/mol. The Morgan fingerprint density at radius 1 is 1.38 bits per heavy atom. The average Bonchev–Trinajstić information content (AvgIpc) is 2.89. The van der Waals surface area contributed by atoms with Crippen molar-refractivity contribution in [1.82, 2.24) is 15.1 Å². The summed E-state index contributed by atoms with van der Waals surface area (Å²) in [5.41, 5.74) is 0. The lowest BCUT2D eigenvalue weighted by Gasteiger charge is -2.23. The molecule has 0 aromatic carbocycles. The summed E-state index contributed by atoms with van der Waals surface area (Å²) in [6.07, 6.45) is 0.105. The number of methoxy groups -OCH3 is 2. The van der Waals surface area contributed by atoms with Gasteiger partial charge in [-0.2, -0.15) is 0 Å². The monoisotopic (exact) mass is 303 g/mol. The molecule has 0 aromatic heterocycles. The van der Waals surface area contributed by atoms with Gasteiger partial charge in [0.2, 0.25) is 0 Å². The van der Waals surface area contributed by atoms with Crippen LogP contribution in [-0.4, -0.2) is 93.1 Å². The molecule has 2 N–H and O–H groups in total. The maximum Gasteiger partial charge on any atom is 0.326 e. The van der Waals surface area contributed by atoms with Crippen LogP contribution in [0.5, 0.6) is 0 Å². The van der Waals surface area contributed by atoms with Crippen LogP contribution < -0.4 is 5.32 Å². The van der Waals surface area contributed by atoms with Gasteiger partial charge in [-0.3, -0.25) is 0 Å². The number of aliphatic carboxylic acids is 1. The molecule has 1 saturated heterocycles. The van der Waals surface area contributed by atoms with Crippen molar-refractivity contribution in [1.29, 1.82) is 0 Å². The Hall–Kier alpha value is -1.38. The Kier molecular flexibility index (Phi) is 7.41. The zero-order valence-corrected chi connectivity index (χ0v) is 12.9. The molecule has 2 unspecified atom stereocenters. The van der Waals surface area contributed by atoms with E-state index in [0.717, 1.165) is 6.54 Å². The van der Waals surface area contributed by atoms with Gasteiger partial charge in [0, 0.05) is 46.8 Å². The van der Waals surface area contributed by atoms with Gasteiger partial charge in [-0.25, -0.2) is 9.59 Å². The highest BCUT2D eigenvalue weighted by Crippen LogP contribution is 2.20. The van der Waals surface area contributed by atoms with Gasteiger partial charge >= 0.3 is 12.0 Å². The Morgan fingerprint density at radius 2 is 2.10 bits per heavy atom. The van der Waals surface area contributed by atoms with Crippen LogP contribution in [0.25, 0.3) is 0 Å². The topological polar surface area (TPSA) is 91.3 Å². The molecular weight excluding hydrogens is 278 g/mol. The van der Waals surface area contributed by atoms with Gasteiger partial charge in [0.1, 0.15) is 6.04 Å². The minimum absolute atomic E-state index is 0.221. The van der Waals surface area contributed by atoms with Crippen LogP contribution >= 0.6 is 0 Å². The first kappa shape index (κ1) is 17.7. The molecule has 2 atom stereocenters. The summed E-state index contributed by atoms with van der Waals surface area (Å²) in [7, 11) is 5.10. The normalized spacial score (nSPS) is 21.8. The summed E-state index contributed by atoms with van der Waals surface area (Å²) in [5, 5.41) is 11.9. The number of nitrogens with zero attached hydrogens (tertiary/aromatic N) is 2. The van der Waals surface area contributed by atoms with Crippen molar-refractivity contribution < 1.29 is 24.2 Å². The molecule has 0 aromatic rings. The van der Waals surface area contributed by atoms with Crippen LogP contribution in [0.3, 0.4) is 0 Å². The smallest absolute Gasteiger partial charge is 0.326 e. The van der Waals surface area contributed by atoms with Crippen LogP contribution in [0.1, 0.15) is 6.42 Å². The molecule has 0 radical (unpaired) electrons. The zero-order chi connectivity index (χ0) is 15.8. The summed E-state index contributed by atoms with van der Waals surface area (Å²) in [4.78, 5) is 26.6. The Bertz CT molecular complexity index is 353. The second kappa shape index (κ2) is 8.81. The van der Waals surface area contributed by atoms with Crippen LogP contribution in [0.2, 0.25) is 0 Å². The van der Waals surface area contributed by atoms with E-state index in [4.69, 9.17) is 14.6 Å². The lowest BCUT2D eigenvalue weighted by Crippen LogP contribution is -2.47. The molecule has 0 spiro atoms. The van der Waals surface area contributed by atoms with Gasteiger partial charge in [0.25, 0.3) is 0 Å². The Morgan fingerprint density at radius 3 is 2.67 bits per heavy atom. The SMILES string of the molecule is COCCN(C)CCNC(=O)N1CC(OC)CC1C(=O)O. The number of hydrogen-bond acceptors (Lipinski definition) is 5. The van der Waals surface area contributed by atoms with E-state index in [1.807, 2.05) is 11.9 Å². The predicted octanol–water partition coefficient (Wildman–Crippen LogP) is -0.552. The number of carbonyl (C=O) groups excluding carboxylic acids is 1. The van der Waals surface area contributed by atoms with E-state index in [2.05, 4.69) is 5.32 Å². The summed E-state index contributed by atoms with van der Waals surface area (Å²) in [5.74, 6) is -0.998. The maximum atomic E-state index is 12.1. The van der Waals surface area contributed by atoms with Crippen molar-refractivity contribution >= 4 is 12.0 Å². The zero-order valence-electron chi connectivity index (χ0n) is 12.9. The second-order valence-corrected chi connectivity index (χ2v) is 5.13. The van der Waals surface area contributed by atoms with Crippen molar-refractivity contribution in [2.24, 2.45) is 0 Å². The first-order valence-electron chi connectivity index (χ1n) is 6.97. The molecule has 1 rings (SSSR count). The average molecular weight is 303 g/mol. The number of amides is 2. The van der Waals surface area contributed by atoms with Gasteiger partial charge in [0.15, 0.2) is 0 Å². The van der Waals surface area contributed by atoms with E-state index in [1.54, 1.807) is 7.11 Å². The number of carboxylic acids is 1. The molecule has 8 nitrogen and oxygen atoms in total. The number of hydrogen-bond donors (Lipinski definition) is 2. The molecule has 122 valence electrons. The molecule has 2 amide bonds. The van der Waals surface area contributed by atoms with E-state index < -0.39 is 12.0 Å². The van der Waals surface area contributed by atoms with Gasteiger partial charge < -0.3 is 29.7 Å². The van der Waals surface area contributed by atoms with Crippen molar-refractivity contribution in [3.63, 3.8) is 0 Å². The molecule has 1 heterocycles. The number of carbonyl (C=O) groups is 2. The molecule has 1 fully saturated rings. The number of nitrogens with one attached hydrogen (secondary N) is 1. The quantitative estimate of drug-likeness (QED) is 0.625. The van der Waals surface area contributed by atoms with Gasteiger partial charge in [-0.15, -0.1) is 0 Å². The first-order chi connectivity index (χ1) is 9.99. The molecular formula is C13H25N3O5. The van der Waals surface area contributed by atoms with Crippen molar-refractivity contribution in [3.8, 4) is 0 Å². The molecule has 0 saturated carbocycles. The summed E-state index contributed by atoms with van der Waals surface area (Å²) < 4.78 is 10.1. The van der Waals surface area contributed by atoms with Gasteiger partial charge in [-0.05, 0) is 7.05 Å². The summed E-state index contributed by atoms with van der Waals surface area (Å²) in [6.45, 7) is 2.85. The fourth-order valence-corrected chi connectivity index (χ4v) is 2.24. The van der Waals surface area contributed by atoms with E-state index >= 15 is 0 Å². The fraction of sp³-hybridized carbons (Fsp3) is 0.846. The van der Waals surface area contributed by atoms with Crippen molar-refractivity contribution in [2.75, 3.05) is 54.1 Å². The Balaban J connectivity index is 2.38. The van der Waals surface area contributed by atoms with Crippen LogP contribution in [0, 0.1) is 0 Å². The highest BCUT2D eigenvalue weighted by atomic mass is 16.5. The molecule has 1 aliphatic heterocycles. The number of carboxylic acid groups (broad SMARTS) is 1. The van der Waals surface area contributed by atoms with Crippen molar-refractivity contribution in [3.05, 3.63) is 0 Å². The van der Waals surface area contributed by atoms with E-state index in [9.17, 15) is 9.59 Å². The minimum Gasteiger partial charge on any atom is -0.480 e. The van der Waals surface area contributed by atoms with Crippen LogP contribution in [-0.2, 0) is 14.3 Å². The third-order valence-corrected chi connectivity index (χ3v) is 3.59. The third kappa shape index (κ3) is 5.49. The largest absolute Gasteiger partial charge is 0.480 e. The number of likely N-dealkylation sites (tertiary alicyclic amines) is 1. The highest BCUT2D eigenvalue weighted by molar-refractivity contribution is 5.83. The highest BCUT2D eigenvalue weighted by Gasteiger charge is 2.39. The Labute approximate surface area is 125 Å². The molecule has 8 heteroatoms. The molecule has 1 aliphatic rings. The number of ether oxygens (including phenoxy) is 2. The number of likely N-dealkylation sites (N-methyl/N-ethyl adjacent to an activating group) is 1. The van der Waals surface area contributed by atoms with Crippen LogP contribution in [0.15, 0.2) is 0 Å². The minimum atomic E-state index is -0.998. The fourth-order valence-electron chi connectivity index (χ4n) is 2.24. The molecule has 21 heavy (non-hydrogen) atoms.